The predicted octanol–water partition coefficient (Wildman–Crippen LogP) is 2.38. The van der Waals surface area contributed by atoms with Gasteiger partial charge in [0.2, 0.25) is 11.8 Å². The molecule has 0 radical (unpaired) electrons. The first-order chi connectivity index (χ1) is 13.6. The molecule has 0 spiro atoms. The van der Waals surface area contributed by atoms with Gasteiger partial charge in [0, 0.05) is 58.3 Å². The molecular formula is C20H27N5O2S. The zero-order chi connectivity index (χ0) is 19.5. The zero-order valence-electron chi connectivity index (χ0n) is 16.3. The van der Waals surface area contributed by atoms with Gasteiger partial charge in [0.05, 0.1) is 0 Å². The molecule has 0 aromatic carbocycles. The number of piperazine rings is 1. The third-order valence-corrected chi connectivity index (χ3v) is 6.79. The second-order valence-electron chi connectivity index (χ2n) is 7.76. The van der Waals surface area contributed by atoms with Crippen LogP contribution in [0.5, 0.6) is 0 Å². The van der Waals surface area contributed by atoms with Crippen LogP contribution in [0.2, 0.25) is 0 Å². The number of hydrogen-bond donors (Lipinski definition) is 0. The van der Waals surface area contributed by atoms with Crippen molar-refractivity contribution in [3.63, 3.8) is 0 Å². The molecule has 28 heavy (non-hydrogen) atoms. The van der Waals surface area contributed by atoms with Gasteiger partial charge < -0.3 is 14.7 Å². The van der Waals surface area contributed by atoms with E-state index < -0.39 is 0 Å². The topological polar surface area (TPSA) is 69.6 Å². The molecule has 150 valence electrons. The standard InChI is InChI=1S/C20H27N5O2S/c1-15-6-9-23(10-7-15)17(26)4-5-18(27)24-11-13-25(14-12-24)20-22-16-3-2-8-21-19(16)28-20/h2-3,8,15H,4-7,9-14H2,1H3. The first-order valence-corrected chi connectivity index (χ1v) is 10.9. The molecule has 0 saturated carbocycles. The Balaban J connectivity index is 1.24. The molecule has 2 aliphatic heterocycles. The van der Waals surface area contributed by atoms with Gasteiger partial charge in [-0.25, -0.2) is 9.97 Å². The van der Waals surface area contributed by atoms with Gasteiger partial charge in [-0.15, -0.1) is 0 Å². The van der Waals surface area contributed by atoms with E-state index in [1.165, 1.54) is 0 Å². The minimum absolute atomic E-state index is 0.0874. The largest absolute Gasteiger partial charge is 0.344 e. The fourth-order valence-corrected chi connectivity index (χ4v) is 4.79. The van der Waals surface area contributed by atoms with E-state index in [-0.39, 0.29) is 11.8 Å². The summed E-state index contributed by atoms with van der Waals surface area (Å²) in [6.07, 6.45) is 4.57. The van der Waals surface area contributed by atoms with E-state index >= 15 is 0 Å². The Morgan fingerprint density at radius 2 is 1.68 bits per heavy atom. The average Bonchev–Trinajstić information content (AvgIpc) is 3.16. The van der Waals surface area contributed by atoms with Gasteiger partial charge in [-0.2, -0.15) is 0 Å². The second kappa shape index (κ2) is 8.43. The molecule has 7 nitrogen and oxygen atoms in total. The summed E-state index contributed by atoms with van der Waals surface area (Å²) in [5.74, 6) is 0.915. The van der Waals surface area contributed by atoms with E-state index in [0.717, 1.165) is 54.5 Å². The number of aromatic nitrogens is 2. The summed E-state index contributed by atoms with van der Waals surface area (Å²) in [4.78, 5) is 40.9. The van der Waals surface area contributed by atoms with Crippen LogP contribution in [-0.2, 0) is 9.59 Å². The Kier molecular flexibility index (Phi) is 5.75. The third-order valence-electron chi connectivity index (χ3n) is 5.75. The summed E-state index contributed by atoms with van der Waals surface area (Å²) < 4.78 is 0. The number of thiazole rings is 1. The van der Waals surface area contributed by atoms with E-state index in [9.17, 15) is 9.59 Å². The molecule has 0 N–H and O–H groups in total. The van der Waals surface area contributed by atoms with Gasteiger partial charge in [0.15, 0.2) is 5.13 Å². The fourth-order valence-electron chi connectivity index (χ4n) is 3.83. The van der Waals surface area contributed by atoms with Gasteiger partial charge in [0.25, 0.3) is 0 Å². The van der Waals surface area contributed by atoms with Crippen LogP contribution in [0.3, 0.4) is 0 Å². The quantitative estimate of drug-likeness (QED) is 0.787. The van der Waals surface area contributed by atoms with Gasteiger partial charge in [-0.05, 0) is 30.9 Å². The number of amides is 2. The molecule has 2 amide bonds. The van der Waals surface area contributed by atoms with Crippen molar-refractivity contribution in [2.75, 3.05) is 44.2 Å². The van der Waals surface area contributed by atoms with Crippen molar-refractivity contribution in [3.8, 4) is 0 Å². The van der Waals surface area contributed by atoms with Gasteiger partial charge in [-0.1, -0.05) is 18.3 Å². The van der Waals surface area contributed by atoms with Crippen molar-refractivity contribution >= 4 is 38.6 Å². The van der Waals surface area contributed by atoms with Crippen LogP contribution in [0, 0.1) is 5.92 Å². The zero-order valence-corrected chi connectivity index (χ0v) is 17.2. The number of nitrogens with zero attached hydrogens (tertiary/aromatic N) is 5. The monoisotopic (exact) mass is 401 g/mol. The molecule has 4 heterocycles. The average molecular weight is 402 g/mol. The maximum absolute atomic E-state index is 12.5. The summed E-state index contributed by atoms with van der Waals surface area (Å²) in [7, 11) is 0. The molecule has 0 unspecified atom stereocenters. The Morgan fingerprint density at radius 1 is 1.04 bits per heavy atom. The number of anilines is 1. The molecule has 2 fully saturated rings. The van der Waals surface area contributed by atoms with E-state index in [1.807, 2.05) is 21.9 Å². The first kappa shape index (κ1) is 19.1. The van der Waals surface area contributed by atoms with E-state index in [1.54, 1.807) is 17.5 Å². The summed E-state index contributed by atoms with van der Waals surface area (Å²) in [5.41, 5.74) is 0.923. The summed E-state index contributed by atoms with van der Waals surface area (Å²) in [6, 6.07) is 3.87. The Hall–Kier alpha value is -2.22. The number of piperidine rings is 1. The van der Waals surface area contributed by atoms with Crippen molar-refractivity contribution in [1.29, 1.82) is 0 Å². The van der Waals surface area contributed by atoms with Crippen LogP contribution in [0.1, 0.15) is 32.6 Å². The van der Waals surface area contributed by atoms with Crippen molar-refractivity contribution in [2.24, 2.45) is 5.92 Å². The summed E-state index contributed by atoms with van der Waals surface area (Å²) >= 11 is 1.59. The number of hydrogen-bond acceptors (Lipinski definition) is 6. The normalized spacial score (nSPS) is 18.7. The highest BCUT2D eigenvalue weighted by Crippen LogP contribution is 2.27. The first-order valence-electron chi connectivity index (χ1n) is 10.1. The van der Waals surface area contributed by atoms with Crippen LogP contribution in [0.4, 0.5) is 5.13 Å². The molecule has 4 rings (SSSR count). The van der Waals surface area contributed by atoms with Crippen molar-refractivity contribution in [3.05, 3.63) is 18.3 Å². The van der Waals surface area contributed by atoms with Crippen molar-refractivity contribution in [1.82, 2.24) is 19.8 Å². The van der Waals surface area contributed by atoms with Gasteiger partial charge in [0.1, 0.15) is 10.3 Å². The summed E-state index contributed by atoms with van der Waals surface area (Å²) in [5, 5.41) is 0.968. The van der Waals surface area contributed by atoms with Gasteiger partial charge in [-0.3, -0.25) is 9.59 Å². The molecule has 2 saturated heterocycles. The minimum atomic E-state index is 0.0874. The van der Waals surface area contributed by atoms with Gasteiger partial charge >= 0.3 is 0 Å². The highest BCUT2D eigenvalue weighted by molar-refractivity contribution is 7.21. The van der Waals surface area contributed by atoms with Crippen LogP contribution >= 0.6 is 11.3 Å². The lowest BCUT2D eigenvalue weighted by Crippen LogP contribution is -2.49. The van der Waals surface area contributed by atoms with Crippen LogP contribution < -0.4 is 4.90 Å². The Morgan fingerprint density at radius 3 is 2.32 bits per heavy atom. The minimum Gasteiger partial charge on any atom is -0.344 e. The number of rotatable bonds is 4. The molecule has 0 bridgehead atoms. The lowest BCUT2D eigenvalue weighted by atomic mass is 9.99. The van der Waals surface area contributed by atoms with E-state index in [0.29, 0.717) is 31.8 Å². The Labute approximate surface area is 169 Å². The molecule has 2 aliphatic rings. The van der Waals surface area contributed by atoms with E-state index in [2.05, 4.69) is 21.8 Å². The molecular weight excluding hydrogens is 374 g/mol. The molecule has 2 aromatic rings. The smallest absolute Gasteiger partial charge is 0.223 e. The molecule has 0 atom stereocenters. The number of fused-ring (bicyclic) bond motifs is 1. The van der Waals surface area contributed by atoms with Crippen molar-refractivity contribution < 1.29 is 9.59 Å². The molecule has 8 heteroatoms. The third kappa shape index (κ3) is 4.27. The number of carbonyl (C=O) groups excluding carboxylic acids is 2. The molecule has 2 aromatic heterocycles. The lowest BCUT2D eigenvalue weighted by molar-refractivity contribution is -0.137. The molecule has 0 aliphatic carbocycles. The van der Waals surface area contributed by atoms with Crippen LogP contribution in [-0.4, -0.2) is 70.9 Å². The number of carbonyl (C=O) groups is 2. The van der Waals surface area contributed by atoms with Crippen LogP contribution in [0.15, 0.2) is 18.3 Å². The van der Waals surface area contributed by atoms with Crippen molar-refractivity contribution in [2.45, 2.75) is 32.6 Å². The summed E-state index contributed by atoms with van der Waals surface area (Å²) in [6.45, 7) is 6.80. The SMILES string of the molecule is CC1CCN(C(=O)CCC(=O)N2CCN(c3nc4cccnc4s3)CC2)CC1. The number of likely N-dealkylation sites (tertiary alicyclic amines) is 1. The lowest BCUT2D eigenvalue weighted by Gasteiger charge is -2.35. The van der Waals surface area contributed by atoms with E-state index in [4.69, 9.17) is 0 Å². The highest BCUT2D eigenvalue weighted by Gasteiger charge is 2.25. The predicted molar refractivity (Wildman–Crippen MR) is 110 cm³/mol. The number of pyridine rings is 1. The Bertz CT molecular complexity index is 805. The maximum atomic E-state index is 12.5. The maximum Gasteiger partial charge on any atom is 0.223 e. The fraction of sp³-hybridized carbons (Fsp3) is 0.600. The second-order valence-corrected chi connectivity index (χ2v) is 8.71. The highest BCUT2D eigenvalue weighted by atomic mass is 32.1. The van der Waals surface area contributed by atoms with Crippen LogP contribution in [0.25, 0.3) is 10.3 Å².